The van der Waals surface area contributed by atoms with Crippen molar-refractivity contribution in [1.29, 1.82) is 0 Å². The quantitative estimate of drug-likeness (QED) is 0.877. The molecule has 1 unspecified atom stereocenters. The first kappa shape index (κ1) is 16.4. The van der Waals surface area contributed by atoms with Crippen molar-refractivity contribution in [3.05, 3.63) is 59.2 Å². The lowest BCUT2D eigenvalue weighted by atomic mass is 9.97. The molecule has 0 saturated carbocycles. The first-order valence-corrected chi connectivity index (χ1v) is 6.60. The molecule has 116 valence electrons. The fraction of sp³-hybridized carbons (Fsp3) is 0.188. The number of cyclic esters (lactones) is 1. The zero-order valence-electron chi connectivity index (χ0n) is 11.5. The molecule has 2 N–H and O–H groups in total. The summed E-state index contributed by atoms with van der Waals surface area (Å²) in [6, 6.07) is 8.33. The smallest absolute Gasteiger partial charge is 0.339 e. The minimum absolute atomic E-state index is 0. The molecule has 2 aromatic rings. The van der Waals surface area contributed by atoms with Gasteiger partial charge in [0, 0.05) is 18.1 Å². The van der Waals surface area contributed by atoms with E-state index in [1.165, 1.54) is 12.1 Å². The Hall–Kier alpha value is -1.98. The van der Waals surface area contributed by atoms with Crippen LogP contribution < -0.4 is 5.73 Å². The van der Waals surface area contributed by atoms with Crippen LogP contribution in [0, 0.1) is 11.6 Å². The van der Waals surface area contributed by atoms with Gasteiger partial charge in [-0.25, -0.2) is 13.6 Å². The molecular formula is C16H14ClF2NO2. The van der Waals surface area contributed by atoms with Crippen LogP contribution in [0.1, 0.15) is 28.4 Å². The fourth-order valence-electron chi connectivity index (χ4n) is 2.54. The summed E-state index contributed by atoms with van der Waals surface area (Å²) < 4.78 is 31.8. The van der Waals surface area contributed by atoms with Gasteiger partial charge in [-0.15, -0.1) is 12.4 Å². The average molecular weight is 326 g/mol. The Morgan fingerprint density at radius 1 is 1.05 bits per heavy atom. The van der Waals surface area contributed by atoms with Crippen LogP contribution in [-0.4, -0.2) is 12.5 Å². The summed E-state index contributed by atoms with van der Waals surface area (Å²) in [5.41, 5.74) is 7.63. The van der Waals surface area contributed by atoms with Gasteiger partial charge in [0.25, 0.3) is 0 Å². The Labute approximate surface area is 132 Å². The summed E-state index contributed by atoms with van der Waals surface area (Å²) in [5, 5.41) is 0. The lowest BCUT2D eigenvalue weighted by molar-refractivity contribution is 0.0374. The highest BCUT2D eigenvalue weighted by atomic mass is 35.5. The van der Waals surface area contributed by atoms with Gasteiger partial charge in [-0.05, 0) is 35.9 Å². The third-order valence-corrected chi connectivity index (χ3v) is 3.49. The van der Waals surface area contributed by atoms with Crippen molar-refractivity contribution >= 4 is 18.4 Å². The molecule has 1 atom stereocenters. The number of nitrogens with two attached hydrogens (primary N) is 1. The Bertz CT molecular complexity index is 701. The van der Waals surface area contributed by atoms with Crippen LogP contribution >= 0.6 is 12.4 Å². The molecule has 0 fully saturated rings. The van der Waals surface area contributed by atoms with Crippen LogP contribution in [0.3, 0.4) is 0 Å². The van der Waals surface area contributed by atoms with Gasteiger partial charge < -0.3 is 10.5 Å². The van der Waals surface area contributed by atoms with Crippen LogP contribution in [0.4, 0.5) is 8.78 Å². The van der Waals surface area contributed by atoms with Gasteiger partial charge in [0.2, 0.25) is 0 Å². The molecule has 0 spiro atoms. The van der Waals surface area contributed by atoms with Gasteiger partial charge in [0.1, 0.15) is 17.7 Å². The van der Waals surface area contributed by atoms with E-state index in [0.29, 0.717) is 29.7 Å². The van der Waals surface area contributed by atoms with Crippen LogP contribution in [0.25, 0.3) is 11.1 Å². The number of ether oxygens (including phenoxy) is 1. The van der Waals surface area contributed by atoms with Crippen LogP contribution in [0.15, 0.2) is 36.4 Å². The number of hydrogen-bond acceptors (Lipinski definition) is 3. The number of halogens is 3. The summed E-state index contributed by atoms with van der Waals surface area (Å²) in [5.74, 6) is -1.75. The minimum atomic E-state index is -0.658. The normalized spacial score (nSPS) is 16.0. The zero-order chi connectivity index (χ0) is 15.0. The van der Waals surface area contributed by atoms with E-state index in [1.807, 2.05) is 0 Å². The standard InChI is InChI=1S/C16H13F2NO2.ClH/c17-11-5-10(6-12(18)8-11)9-1-2-13-14(7-9)16(20)21-15(13)3-4-19;/h1-2,5-8,15H,3-4,19H2;1H. The monoisotopic (exact) mass is 325 g/mol. The van der Waals surface area contributed by atoms with E-state index in [0.717, 1.165) is 11.6 Å². The molecule has 0 radical (unpaired) electrons. The summed E-state index contributed by atoms with van der Waals surface area (Å²) in [6.07, 6.45) is 0.211. The van der Waals surface area contributed by atoms with Gasteiger partial charge in [-0.3, -0.25) is 0 Å². The Morgan fingerprint density at radius 2 is 1.73 bits per heavy atom. The molecule has 3 nitrogen and oxygen atoms in total. The lowest BCUT2D eigenvalue weighted by Crippen LogP contribution is -2.06. The van der Waals surface area contributed by atoms with Crippen molar-refractivity contribution in [1.82, 2.24) is 0 Å². The maximum Gasteiger partial charge on any atom is 0.339 e. The van der Waals surface area contributed by atoms with Crippen LogP contribution in [-0.2, 0) is 4.74 Å². The van der Waals surface area contributed by atoms with Gasteiger partial charge in [-0.2, -0.15) is 0 Å². The molecule has 2 aromatic carbocycles. The van der Waals surface area contributed by atoms with Crippen molar-refractivity contribution in [2.75, 3.05) is 6.54 Å². The number of benzene rings is 2. The molecule has 22 heavy (non-hydrogen) atoms. The van der Waals surface area contributed by atoms with Crippen molar-refractivity contribution < 1.29 is 18.3 Å². The number of esters is 1. The second kappa shape index (κ2) is 6.42. The molecule has 1 aliphatic rings. The van der Waals surface area contributed by atoms with E-state index in [-0.39, 0.29) is 18.5 Å². The Kier molecular flexibility index (Phi) is 4.78. The highest BCUT2D eigenvalue weighted by molar-refractivity contribution is 5.95. The Morgan fingerprint density at radius 3 is 2.36 bits per heavy atom. The van der Waals surface area contributed by atoms with E-state index in [9.17, 15) is 13.6 Å². The minimum Gasteiger partial charge on any atom is -0.454 e. The molecule has 0 bridgehead atoms. The number of rotatable bonds is 3. The van der Waals surface area contributed by atoms with Crippen molar-refractivity contribution in [3.63, 3.8) is 0 Å². The lowest BCUT2D eigenvalue weighted by Gasteiger charge is -2.09. The highest BCUT2D eigenvalue weighted by Gasteiger charge is 2.30. The molecule has 1 aliphatic heterocycles. The van der Waals surface area contributed by atoms with E-state index in [4.69, 9.17) is 10.5 Å². The molecule has 6 heteroatoms. The average Bonchev–Trinajstić information content (AvgIpc) is 2.74. The third kappa shape index (κ3) is 2.96. The second-order valence-electron chi connectivity index (χ2n) is 4.93. The van der Waals surface area contributed by atoms with E-state index in [1.54, 1.807) is 18.2 Å². The maximum atomic E-state index is 13.3. The van der Waals surface area contributed by atoms with Crippen molar-refractivity contribution in [2.24, 2.45) is 5.73 Å². The largest absolute Gasteiger partial charge is 0.454 e. The van der Waals surface area contributed by atoms with Crippen LogP contribution in [0.2, 0.25) is 0 Å². The van der Waals surface area contributed by atoms with E-state index >= 15 is 0 Å². The number of carbonyl (C=O) groups is 1. The molecule has 1 heterocycles. The van der Waals surface area contributed by atoms with Gasteiger partial charge >= 0.3 is 5.97 Å². The zero-order valence-corrected chi connectivity index (χ0v) is 12.3. The Balaban J connectivity index is 0.00000176. The fourth-order valence-corrected chi connectivity index (χ4v) is 2.54. The van der Waals surface area contributed by atoms with Crippen molar-refractivity contribution in [2.45, 2.75) is 12.5 Å². The van der Waals surface area contributed by atoms with Gasteiger partial charge in [-0.1, -0.05) is 12.1 Å². The van der Waals surface area contributed by atoms with Crippen LogP contribution in [0.5, 0.6) is 0 Å². The molecule has 0 saturated heterocycles. The first-order chi connectivity index (χ1) is 10.1. The van der Waals surface area contributed by atoms with Gasteiger partial charge in [0.15, 0.2) is 0 Å². The summed E-state index contributed by atoms with van der Waals surface area (Å²) in [6.45, 7) is 0.411. The molecule has 3 rings (SSSR count). The predicted octanol–water partition coefficient (Wildman–Crippen LogP) is 3.61. The molecule has 0 amide bonds. The first-order valence-electron chi connectivity index (χ1n) is 6.60. The summed E-state index contributed by atoms with van der Waals surface area (Å²) in [7, 11) is 0. The highest BCUT2D eigenvalue weighted by Crippen LogP contribution is 2.35. The van der Waals surface area contributed by atoms with Gasteiger partial charge in [0.05, 0.1) is 5.56 Å². The maximum absolute atomic E-state index is 13.3. The summed E-state index contributed by atoms with van der Waals surface area (Å²) in [4.78, 5) is 11.9. The van der Waals surface area contributed by atoms with Crippen molar-refractivity contribution in [3.8, 4) is 11.1 Å². The molecule has 0 aliphatic carbocycles. The molecular weight excluding hydrogens is 312 g/mol. The SMILES string of the molecule is Cl.NCCC1OC(=O)c2cc(-c3cc(F)cc(F)c3)ccc21. The van der Waals surface area contributed by atoms with E-state index in [2.05, 4.69) is 0 Å². The number of hydrogen-bond donors (Lipinski definition) is 1. The third-order valence-electron chi connectivity index (χ3n) is 3.49. The van der Waals surface area contributed by atoms with E-state index < -0.39 is 17.6 Å². The second-order valence-corrected chi connectivity index (χ2v) is 4.93. The molecule has 0 aromatic heterocycles. The number of carbonyl (C=O) groups excluding carboxylic acids is 1. The topological polar surface area (TPSA) is 52.3 Å². The predicted molar refractivity (Wildman–Crippen MR) is 80.9 cm³/mol. The summed E-state index contributed by atoms with van der Waals surface area (Å²) >= 11 is 0. The number of fused-ring (bicyclic) bond motifs is 1.